The predicted octanol–water partition coefficient (Wildman–Crippen LogP) is 4.45. The minimum Gasteiger partial charge on any atom is -0.320 e. The fourth-order valence-corrected chi connectivity index (χ4v) is 4.86. The van der Waals surface area contributed by atoms with Gasteiger partial charge in [-0.15, -0.1) is 0 Å². The minimum absolute atomic E-state index is 0. The van der Waals surface area contributed by atoms with Crippen LogP contribution >= 0.6 is 11.6 Å². The van der Waals surface area contributed by atoms with E-state index in [1.54, 1.807) is 0 Å². The van der Waals surface area contributed by atoms with E-state index in [2.05, 4.69) is 12.2 Å². The van der Waals surface area contributed by atoms with E-state index in [1.165, 1.54) is 19.3 Å². The third kappa shape index (κ3) is 3.47. The smallest absolute Gasteiger partial charge is 0.285 e. The van der Waals surface area contributed by atoms with Crippen molar-refractivity contribution in [1.82, 2.24) is 0 Å². The second kappa shape index (κ2) is 7.74. The van der Waals surface area contributed by atoms with Crippen LogP contribution in [0.1, 0.15) is 50.2 Å². The largest absolute Gasteiger partial charge is 0.320 e. The number of nitrogens with zero attached hydrogens (tertiary/aromatic N) is 1. The Bertz CT molecular complexity index is 599. The number of benzene rings is 1. The van der Waals surface area contributed by atoms with E-state index in [9.17, 15) is 4.79 Å². The van der Waals surface area contributed by atoms with Gasteiger partial charge in [0.2, 0.25) is 0 Å². The van der Waals surface area contributed by atoms with Crippen molar-refractivity contribution < 1.29 is 42.0 Å². The molecular weight excluding hydrogens is 397 g/mol. The molecule has 3 rings (SSSR count). The van der Waals surface area contributed by atoms with Crippen molar-refractivity contribution in [2.24, 2.45) is 0 Å². The molecule has 0 aromatic heterocycles. The first-order valence-electron chi connectivity index (χ1n) is 8.88. The van der Waals surface area contributed by atoms with E-state index in [-0.39, 0.29) is 44.2 Å². The Labute approximate surface area is 176 Å². The van der Waals surface area contributed by atoms with E-state index < -0.39 is 0 Å². The molecule has 1 aliphatic heterocycles. The van der Waals surface area contributed by atoms with Gasteiger partial charge in [-0.1, -0.05) is 11.6 Å². The van der Waals surface area contributed by atoms with Crippen LogP contribution in [0.2, 0.25) is 5.02 Å². The molecule has 1 aromatic carbocycles. The van der Waals surface area contributed by atoms with Crippen molar-refractivity contribution in [3.05, 3.63) is 28.3 Å². The molecule has 24 heavy (non-hydrogen) atoms. The second-order valence-electron chi connectivity index (χ2n) is 7.37. The van der Waals surface area contributed by atoms with E-state index >= 15 is 0 Å². The zero-order valence-electron chi connectivity index (χ0n) is 15.1. The number of quaternary nitrogens is 1. The molecule has 3 nitrogen and oxygen atoms in total. The Morgan fingerprint density at radius 1 is 1.17 bits per heavy atom. The third-order valence-corrected chi connectivity index (χ3v) is 6.29. The molecule has 1 aliphatic carbocycles. The van der Waals surface area contributed by atoms with Gasteiger partial charge in [0.15, 0.2) is 5.54 Å². The van der Waals surface area contributed by atoms with Gasteiger partial charge in [-0.3, -0.25) is 4.79 Å². The van der Waals surface area contributed by atoms with Crippen LogP contribution in [0.15, 0.2) is 12.1 Å². The summed E-state index contributed by atoms with van der Waals surface area (Å²) in [6.07, 6.45) is 5.87. The summed E-state index contributed by atoms with van der Waals surface area (Å²) in [6, 6.07) is 3.85. The number of carbonyl (C=O) groups is 1. The zero-order valence-corrected chi connectivity index (χ0v) is 18.7. The number of nitrogens with one attached hydrogen (secondary N) is 1. The summed E-state index contributed by atoms with van der Waals surface area (Å²) in [4.78, 5) is 13.2. The summed E-state index contributed by atoms with van der Waals surface area (Å²) in [7, 11) is 0. The number of likely N-dealkylation sites (tertiary alicyclic amines) is 1. The summed E-state index contributed by atoms with van der Waals surface area (Å²) in [5.41, 5.74) is 2.84. The Kier molecular flexibility index (Phi) is 6.56. The fourth-order valence-electron chi connectivity index (χ4n) is 4.54. The zero-order chi connectivity index (χ0) is 16.7. The summed E-state index contributed by atoms with van der Waals surface area (Å²) in [5, 5.41) is 3.98. The summed E-state index contributed by atoms with van der Waals surface area (Å²) in [6.45, 7) is 9.65. The standard InChI is InChI=1S/C19H27ClN2O.Y/c1-4-22(10-6-5-7-11-22)19(8-9-19)18(23)21-17-14(2)12-16(20)13-15(17)3;/h12-13H,4-11H2,1-3H3;/p+1. The van der Waals surface area contributed by atoms with Crippen LogP contribution in [0.4, 0.5) is 5.69 Å². The van der Waals surface area contributed by atoms with Crippen LogP contribution in [0.3, 0.4) is 0 Å². The molecule has 129 valence electrons. The Balaban J connectivity index is 0.00000208. The number of hydrogen-bond acceptors (Lipinski definition) is 1. The maximum absolute atomic E-state index is 13.2. The Morgan fingerprint density at radius 2 is 1.71 bits per heavy atom. The minimum atomic E-state index is -0.187. The maximum atomic E-state index is 13.2. The van der Waals surface area contributed by atoms with Gasteiger partial charge in [-0.05, 0) is 63.3 Å². The number of anilines is 1. The van der Waals surface area contributed by atoms with Crippen molar-refractivity contribution in [3.8, 4) is 0 Å². The van der Waals surface area contributed by atoms with E-state index in [0.29, 0.717) is 0 Å². The third-order valence-electron chi connectivity index (χ3n) is 6.07. The van der Waals surface area contributed by atoms with Gasteiger partial charge in [0.25, 0.3) is 5.91 Å². The second-order valence-corrected chi connectivity index (χ2v) is 7.81. The number of carbonyl (C=O) groups excluding carboxylic acids is 1. The van der Waals surface area contributed by atoms with Gasteiger partial charge in [0, 0.05) is 56.3 Å². The molecule has 2 fully saturated rings. The molecule has 0 spiro atoms. The molecule has 1 aromatic rings. The molecule has 0 atom stereocenters. The molecule has 0 unspecified atom stereocenters. The molecular formula is C19H28ClN2OY+. The quantitative estimate of drug-likeness (QED) is 0.711. The monoisotopic (exact) mass is 424 g/mol. The van der Waals surface area contributed by atoms with Gasteiger partial charge >= 0.3 is 0 Å². The number of piperidine rings is 1. The van der Waals surface area contributed by atoms with Crippen molar-refractivity contribution in [2.75, 3.05) is 25.0 Å². The number of rotatable bonds is 4. The molecule has 1 saturated carbocycles. The van der Waals surface area contributed by atoms with Crippen LogP contribution in [-0.2, 0) is 37.5 Å². The molecule has 1 amide bonds. The first-order chi connectivity index (χ1) is 10.9. The van der Waals surface area contributed by atoms with Crippen molar-refractivity contribution in [1.29, 1.82) is 0 Å². The predicted molar refractivity (Wildman–Crippen MR) is 95.9 cm³/mol. The Hall–Kier alpha value is 0.0439. The van der Waals surface area contributed by atoms with Crippen molar-refractivity contribution >= 4 is 23.2 Å². The maximum Gasteiger partial charge on any atom is 0.285 e. The van der Waals surface area contributed by atoms with E-state index in [4.69, 9.17) is 11.6 Å². The number of likely N-dealkylation sites (N-methyl/N-ethyl adjacent to an activating group) is 1. The number of halogens is 1. The summed E-state index contributed by atoms with van der Waals surface area (Å²) >= 11 is 6.11. The van der Waals surface area contributed by atoms with Crippen molar-refractivity contribution in [2.45, 2.75) is 58.4 Å². The van der Waals surface area contributed by atoms with Gasteiger partial charge in [0.1, 0.15) is 0 Å². The first-order valence-corrected chi connectivity index (χ1v) is 9.26. The molecule has 1 radical (unpaired) electrons. The molecule has 1 heterocycles. The first kappa shape index (κ1) is 20.4. The average Bonchev–Trinajstić information content (AvgIpc) is 3.33. The van der Waals surface area contributed by atoms with Crippen LogP contribution < -0.4 is 5.32 Å². The molecule has 1 saturated heterocycles. The van der Waals surface area contributed by atoms with Crippen LogP contribution in [-0.4, -0.2) is 35.6 Å². The Morgan fingerprint density at radius 3 is 2.17 bits per heavy atom. The fraction of sp³-hybridized carbons (Fsp3) is 0.632. The van der Waals surface area contributed by atoms with Gasteiger partial charge in [-0.25, -0.2) is 0 Å². The number of amides is 1. The molecule has 2 aliphatic rings. The van der Waals surface area contributed by atoms with Crippen LogP contribution in [0.25, 0.3) is 0 Å². The van der Waals surface area contributed by atoms with Gasteiger partial charge < -0.3 is 9.80 Å². The average molecular weight is 425 g/mol. The molecule has 5 heteroatoms. The SMILES string of the molecule is CC[N+]1(C2(C(=O)Nc3c(C)cc(Cl)cc3C)CC2)CCCCC1.[Y]. The van der Waals surface area contributed by atoms with Gasteiger partial charge in [-0.2, -0.15) is 0 Å². The number of aryl methyl sites for hydroxylation is 2. The number of hydrogen-bond donors (Lipinski definition) is 1. The van der Waals surface area contributed by atoms with Crippen molar-refractivity contribution in [3.63, 3.8) is 0 Å². The van der Waals surface area contributed by atoms with Crippen LogP contribution in [0, 0.1) is 13.8 Å². The molecule has 0 bridgehead atoms. The summed E-state index contributed by atoms with van der Waals surface area (Å²) < 4.78 is 0.991. The summed E-state index contributed by atoms with van der Waals surface area (Å²) in [5.74, 6) is 0.217. The topological polar surface area (TPSA) is 29.1 Å². The van der Waals surface area contributed by atoms with E-state index in [0.717, 1.165) is 58.8 Å². The van der Waals surface area contributed by atoms with E-state index in [1.807, 2.05) is 26.0 Å². The van der Waals surface area contributed by atoms with Gasteiger partial charge in [0.05, 0.1) is 19.6 Å². The molecule has 1 N–H and O–H groups in total. The normalized spacial score (nSPS) is 20.8. The van der Waals surface area contributed by atoms with Crippen LogP contribution in [0.5, 0.6) is 0 Å².